The lowest BCUT2D eigenvalue weighted by molar-refractivity contribution is -0.0264. The predicted molar refractivity (Wildman–Crippen MR) is 66.6 cm³/mol. The summed E-state index contributed by atoms with van der Waals surface area (Å²) < 4.78 is 40.8. The Kier molecular flexibility index (Phi) is 3.58. The van der Waals surface area contributed by atoms with Gasteiger partial charge in [0.2, 0.25) is 0 Å². The van der Waals surface area contributed by atoms with Crippen LogP contribution in [0, 0.1) is 11.7 Å². The highest BCUT2D eigenvalue weighted by Crippen LogP contribution is 2.49. The maximum absolute atomic E-state index is 13.4. The summed E-state index contributed by atoms with van der Waals surface area (Å²) in [5, 5.41) is 0. The van der Waals surface area contributed by atoms with Gasteiger partial charge in [0, 0.05) is 12.3 Å². The third kappa shape index (κ3) is 2.85. The first-order valence-corrected chi connectivity index (χ1v) is 7.67. The van der Waals surface area contributed by atoms with E-state index in [2.05, 4.69) is 4.98 Å². The quantitative estimate of drug-likeness (QED) is 0.693. The van der Waals surface area contributed by atoms with Gasteiger partial charge in [0.15, 0.2) is 11.6 Å². The van der Waals surface area contributed by atoms with Crippen LogP contribution in [0.1, 0.15) is 12.6 Å². The summed E-state index contributed by atoms with van der Waals surface area (Å²) in [7, 11) is -4.04. The second kappa shape index (κ2) is 5.15. The summed E-state index contributed by atoms with van der Waals surface area (Å²) in [4.78, 5) is 24.3. The van der Waals surface area contributed by atoms with Crippen molar-refractivity contribution < 1.29 is 27.6 Å². The zero-order valence-electron chi connectivity index (χ0n) is 10.7. The molecule has 0 amide bonds. The van der Waals surface area contributed by atoms with Crippen LogP contribution in [-0.4, -0.2) is 33.8 Å². The van der Waals surface area contributed by atoms with E-state index < -0.39 is 37.5 Å². The van der Waals surface area contributed by atoms with Crippen LogP contribution in [-0.2, 0) is 18.3 Å². The van der Waals surface area contributed by atoms with E-state index in [1.165, 1.54) is 0 Å². The summed E-state index contributed by atoms with van der Waals surface area (Å²) >= 11 is 0. The first-order chi connectivity index (χ1) is 9.85. The second-order valence-corrected chi connectivity index (χ2v) is 6.30. The number of nitrogens with two attached hydrogens (primary N) is 1. The van der Waals surface area contributed by atoms with E-state index in [-0.39, 0.29) is 19.1 Å². The zero-order chi connectivity index (χ0) is 15.2. The minimum Gasteiger partial charge on any atom is -0.381 e. The Morgan fingerprint density at radius 1 is 1.48 bits per heavy atom. The lowest BCUT2D eigenvalue weighted by Crippen LogP contribution is -2.29. The average Bonchev–Trinajstić information content (AvgIpc) is 2.76. The van der Waals surface area contributed by atoms with E-state index in [9.17, 15) is 18.6 Å². The van der Waals surface area contributed by atoms with E-state index in [4.69, 9.17) is 19.5 Å². The van der Waals surface area contributed by atoms with Gasteiger partial charge >= 0.3 is 13.5 Å². The fourth-order valence-electron chi connectivity index (χ4n) is 2.37. The van der Waals surface area contributed by atoms with Crippen molar-refractivity contribution in [3.05, 3.63) is 22.5 Å². The summed E-state index contributed by atoms with van der Waals surface area (Å²) in [5.41, 5.74) is 4.49. The topological polar surface area (TPSA) is 126 Å². The number of ether oxygens (including phenoxy) is 1. The molecule has 9 nitrogen and oxygen atoms in total. The molecule has 0 aliphatic carbocycles. The average molecular weight is 321 g/mol. The summed E-state index contributed by atoms with van der Waals surface area (Å²) in [5.74, 6) is -1.54. The molecule has 2 saturated heterocycles. The maximum Gasteiger partial charge on any atom is 0.472 e. The first kappa shape index (κ1) is 14.6. The van der Waals surface area contributed by atoms with Crippen molar-refractivity contribution in [2.75, 3.05) is 18.9 Å². The lowest BCUT2D eigenvalue weighted by Gasteiger charge is -2.16. The molecule has 0 radical (unpaired) electrons. The van der Waals surface area contributed by atoms with Gasteiger partial charge in [-0.2, -0.15) is 4.98 Å². The van der Waals surface area contributed by atoms with Gasteiger partial charge in [0.25, 0.3) is 0 Å². The van der Waals surface area contributed by atoms with Crippen molar-refractivity contribution in [3.8, 4) is 0 Å². The number of halogens is 1. The smallest absolute Gasteiger partial charge is 0.381 e. The molecule has 3 rings (SSSR count). The Bertz CT molecular complexity index is 647. The second-order valence-electron chi connectivity index (χ2n) is 4.85. The van der Waals surface area contributed by atoms with Crippen LogP contribution < -0.4 is 11.4 Å². The normalized spacial score (nSPS) is 36.2. The van der Waals surface area contributed by atoms with Crippen LogP contribution in [0.4, 0.5) is 10.2 Å². The number of nitrogens with zero attached hydrogens (tertiary/aromatic N) is 2. The van der Waals surface area contributed by atoms with Crippen LogP contribution in [0.3, 0.4) is 0 Å². The van der Waals surface area contributed by atoms with Crippen molar-refractivity contribution in [3.63, 3.8) is 0 Å². The Hall–Kier alpha value is -1.32. The molecule has 2 unspecified atom stereocenters. The van der Waals surface area contributed by atoms with Crippen LogP contribution in [0.5, 0.6) is 0 Å². The van der Waals surface area contributed by atoms with Gasteiger partial charge in [-0.05, 0) is 0 Å². The molecule has 1 aromatic heterocycles. The molecule has 2 aliphatic rings. The largest absolute Gasteiger partial charge is 0.472 e. The third-order valence-electron chi connectivity index (χ3n) is 3.46. The SMILES string of the molecule is Nc1nc(=O)n(C2C[C@@H]3COP(=O)(O)OC[C@H]3O2)cc1F. The van der Waals surface area contributed by atoms with Crippen molar-refractivity contribution in [1.29, 1.82) is 0 Å². The van der Waals surface area contributed by atoms with Gasteiger partial charge < -0.3 is 15.4 Å². The minimum atomic E-state index is -4.04. The molecule has 0 spiro atoms. The standard InChI is InChI=1S/C10H13FN3O6P/c11-6-2-14(10(15)13-9(6)12)8-1-5-3-18-21(16,17)19-4-7(5)20-8/h2,5,7-8H,1,3-4H2,(H,16,17)(H2,12,13,15)/t5-,7-,8?/m1/s1. The van der Waals surface area contributed by atoms with E-state index in [1.54, 1.807) is 0 Å². The number of anilines is 1. The minimum absolute atomic E-state index is 0.0470. The molecule has 4 atom stereocenters. The molecule has 3 heterocycles. The highest BCUT2D eigenvalue weighted by Gasteiger charge is 2.42. The Morgan fingerprint density at radius 3 is 2.95 bits per heavy atom. The number of hydrogen-bond acceptors (Lipinski definition) is 7. The van der Waals surface area contributed by atoms with E-state index in [1.807, 2.05) is 0 Å². The molecule has 0 saturated carbocycles. The maximum atomic E-state index is 13.4. The number of nitrogen functional groups attached to an aromatic ring is 1. The third-order valence-corrected chi connectivity index (χ3v) is 4.41. The van der Waals surface area contributed by atoms with Crippen LogP contribution >= 0.6 is 7.82 Å². The monoisotopic (exact) mass is 321 g/mol. The molecule has 0 aromatic carbocycles. The highest BCUT2D eigenvalue weighted by atomic mass is 31.2. The number of phosphoric ester groups is 1. The van der Waals surface area contributed by atoms with Crippen molar-refractivity contribution in [1.82, 2.24) is 9.55 Å². The number of phosphoric acid groups is 1. The van der Waals surface area contributed by atoms with Gasteiger partial charge in [-0.15, -0.1) is 0 Å². The molecule has 11 heteroatoms. The van der Waals surface area contributed by atoms with E-state index in [0.29, 0.717) is 6.42 Å². The zero-order valence-corrected chi connectivity index (χ0v) is 11.6. The Morgan fingerprint density at radius 2 is 2.19 bits per heavy atom. The van der Waals surface area contributed by atoms with Crippen LogP contribution in [0.25, 0.3) is 0 Å². The van der Waals surface area contributed by atoms with Crippen LogP contribution in [0.15, 0.2) is 11.0 Å². The highest BCUT2D eigenvalue weighted by molar-refractivity contribution is 7.47. The Balaban J connectivity index is 1.81. The predicted octanol–water partition coefficient (Wildman–Crippen LogP) is 0.0155. The number of hydrogen-bond donors (Lipinski definition) is 2. The molecular formula is C10H13FN3O6P. The lowest BCUT2D eigenvalue weighted by atomic mass is 10.0. The fraction of sp³-hybridized carbons (Fsp3) is 0.600. The molecule has 2 aliphatic heterocycles. The Labute approximate surface area is 118 Å². The van der Waals surface area contributed by atoms with E-state index >= 15 is 0 Å². The summed E-state index contributed by atoms with van der Waals surface area (Å²) in [6.07, 6.45) is -0.0398. The number of fused-ring (bicyclic) bond motifs is 1. The number of aromatic nitrogens is 2. The van der Waals surface area contributed by atoms with E-state index in [0.717, 1.165) is 10.8 Å². The summed E-state index contributed by atoms with van der Waals surface area (Å²) in [6.45, 7) is -0.191. The van der Waals surface area contributed by atoms with Gasteiger partial charge in [-0.25, -0.2) is 13.8 Å². The molecule has 116 valence electrons. The molecule has 21 heavy (non-hydrogen) atoms. The molecule has 0 bridgehead atoms. The molecular weight excluding hydrogens is 308 g/mol. The summed E-state index contributed by atoms with van der Waals surface area (Å²) in [6, 6.07) is 0. The van der Waals surface area contributed by atoms with Gasteiger partial charge in [-0.3, -0.25) is 13.6 Å². The van der Waals surface area contributed by atoms with Crippen molar-refractivity contribution >= 4 is 13.6 Å². The van der Waals surface area contributed by atoms with Crippen LogP contribution in [0.2, 0.25) is 0 Å². The van der Waals surface area contributed by atoms with Gasteiger partial charge in [0.05, 0.1) is 25.5 Å². The molecule has 3 N–H and O–H groups in total. The van der Waals surface area contributed by atoms with Crippen molar-refractivity contribution in [2.24, 2.45) is 5.92 Å². The van der Waals surface area contributed by atoms with Gasteiger partial charge in [-0.1, -0.05) is 0 Å². The molecule has 2 fully saturated rings. The fourth-order valence-corrected chi connectivity index (χ4v) is 3.16. The first-order valence-electron chi connectivity index (χ1n) is 6.17. The van der Waals surface area contributed by atoms with Gasteiger partial charge in [0.1, 0.15) is 6.23 Å². The molecule has 1 aromatic rings. The number of rotatable bonds is 1. The van der Waals surface area contributed by atoms with Crippen molar-refractivity contribution in [2.45, 2.75) is 18.8 Å².